The molecule has 0 aliphatic heterocycles. The van der Waals surface area contributed by atoms with Gasteiger partial charge >= 0.3 is 0 Å². The third kappa shape index (κ3) is 8.06. The van der Waals surface area contributed by atoms with Gasteiger partial charge in [-0.1, -0.05) is 6.07 Å². The summed E-state index contributed by atoms with van der Waals surface area (Å²) in [5, 5.41) is 12.3. The maximum atomic E-state index is 12.6. The molecule has 0 spiro atoms. The lowest BCUT2D eigenvalue weighted by atomic mass is 10.1. The number of benzene rings is 3. The van der Waals surface area contributed by atoms with E-state index >= 15 is 0 Å². The molecule has 3 aromatic carbocycles. The second kappa shape index (κ2) is 13.1. The van der Waals surface area contributed by atoms with Gasteiger partial charge in [-0.25, -0.2) is 0 Å². The summed E-state index contributed by atoms with van der Waals surface area (Å²) in [5.74, 6) is 2.17. The van der Waals surface area contributed by atoms with E-state index in [0.29, 0.717) is 25.1 Å². The van der Waals surface area contributed by atoms with Crippen LogP contribution in [0.25, 0.3) is 0 Å². The van der Waals surface area contributed by atoms with Gasteiger partial charge in [0.15, 0.2) is 0 Å². The molecule has 0 atom stereocenters. The Morgan fingerprint density at radius 1 is 0.667 bits per heavy atom. The van der Waals surface area contributed by atoms with Gasteiger partial charge in [0, 0.05) is 17.1 Å². The number of nitrogens with one attached hydrogen (secondary N) is 4. The van der Waals surface area contributed by atoms with Gasteiger partial charge in [0.25, 0.3) is 0 Å². The fourth-order valence-corrected chi connectivity index (χ4v) is 3.61. The van der Waals surface area contributed by atoms with E-state index in [4.69, 9.17) is 9.47 Å². The Bertz CT molecular complexity index is 1320. The first kappa shape index (κ1) is 27.2. The number of aromatic nitrogens is 3. The van der Waals surface area contributed by atoms with Crippen LogP contribution in [0.5, 0.6) is 11.5 Å². The van der Waals surface area contributed by atoms with Crippen LogP contribution in [0.15, 0.2) is 66.7 Å². The number of carbonyl (C=O) groups is 1. The molecule has 0 saturated carbocycles. The maximum Gasteiger partial charge on any atom is 0.243 e. The maximum absolute atomic E-state index is 12.6. The van der Waals surface area contributed by atoms with Crippen molar-refractivity contribution in [3.05, 3.63) is 77.9 Å². The smallest absolute Gasteiger partial charge is 0.243 e. The summed E-state index contributed by atoms with van der Waals surface area (Å²) in [5.41, 5.74) is 4.55. The van der Waals surface area contributed by atoms with Crippen molar-refractivity contribution >= 4 is 40.8 Å². The fraction of sp³-hybridized carbons (Fsp3) is 0.241. The number of amides is 1. The molecule has 1 aromatic heterocycles. The van der Waals surface area contributed by atoms with Gasteiger partial charge < -0.3 is 30.7 Å². The Hall–Kier alpha value is -4.86. The SMILES string of the molecule is CCOc1ccc(Nc2nc(NCC(=O)Nc3ccc(C)c(C)c3)nc(Nc3ccc(OCC)cc3)n2)cc1. The average Bonchev–Trinajstić information content (AvgIpc) is 2.92. The van der Waals surface area contributed by atoms with Gasteiger partial charge in [-0.15, -0.1) is 0 Å². The standard InChI is InChI=1S/C29H33N7O3/c1-5-38-24-13-9-21(10-14-24)32-28-34-27(30-18-26(37)31-23-8-7-19(3)20(4)17-23)35-29(36-28)33-22-11-15-25(16-12-22)39-6-2/h7-17H,5-6,18H2,1-4H3,(H,31,37)(H3,30,32,33,34,35,36). The van der Waals surface area contributed by atoms with Gasteiger partial charge in [-0.3, -0.25) is 4.79 Å². The molecule has 0 bridgehead atoms. The number of anilines is 6. The zero-order valence-electron chi connectivity index (χ0n) is 22.5. The van der Waals surface area contributed by atoms with Crippen LogP contribution in [0.3, 0.4) is 0 Å². The molecule has 0 fully saturated rings. The van der Waals surface area contributed by atoms with Crippen molar-refractivity contribution in [3.8, 4) is 11.5 Å². The monoisotopic (exact) mass is 527 g/mol. The highest BCUT2D eigenvalue weighted by atomic mass is 16.5. The molecule has 10 heteroatoms. The lowest BCUT2D eigenvalue weighted by molar-refractivity contribution is -0.114. The van der Waals surface area contributed by atoms with Crippen molar-refractivity contribution in [3.63, 3.8) is 0 Å². The summed E-state index contributed by atoms with van der Waals surface area (Å²) in [6.07, 6.45) is 0. The van der Waals surface area contributed by atoms with Crippen LogP contribution in [-0.4, -0.2) is 40.6 Å². The van der Waals surface area contributed by atoms with Crippen molar-refractivity contribution in [2.75, 3.05) is 41.0 Å². The fourth-order valence-electron chi connectivity index (χ4n) is 3.61. The van der Waals surface area contributed by atoms with Crippen LogP contribution >= 0.6 is 0 Å². The zero-order chi connectivity index (χ0) is 27.6. The molecular formula is C29H33N7O3. The Balaban J connectivity index is 1.50. The predicted octanol–water partition coefficient (Wildman–Crippen LogP) is 5.82. The number of carbonyl (C=O) groups excluding carboxylic acids is 1. The van der Waals surface area contributed by atoms with Gasteiger partial charge in [0.05, 0.1) is 19.8 Å². The molecule has 0 radical (unpaired) electrons. The van der Waals surface area contributed by atoms with Gasteiger partial charge in [-0.05, 0) is 99.5 Å². The van der Waals surface area contributed by atoms with Gasteiger partial charge in [-0.2, -0.15) is 15.0 Å². The Morgan fingerprint density at radius 2 is 1.15 bits per heavy atom. The van der Waals surface area contributed by atoms with Crippen molar-refractivity contribution in [1.29, 1.82) is 0 Å². The lowest BCUT2D eigenvalue weighted by Gasteiger charge is -2.12. The minimum absolute atomic E-state index is 0.0259. The van der Waals surface area contributed by atoms with Gasteiger partial charge in [0.1, 0.15) is 11.5 Å². The van der Waals surface area contributed by atoms with Crippen molar-refractivity contribution in [2.45, 2.75) is 27.7 Å². The Labute approximate surface area is 228 Å². The molecule has 39 heavy (non-hydrogen) atoms. The number of hydrogen-bond donors (Lipinski definition) is 4. The van der Waals surface area contributed by atoms with Crippen LogP contribution in [0.2, 0.25) is 0 Å². The first-order chi connectivity index (χ1) is 18.9. The van der Waals surface area contributed by atoms with Crippen LogP contribution < -0.4 is 30.7 Å². The molecule has 4 rings (SSSR count). The lowest BCUT2D eigenvalue weighted by Crippen LogP contribution is -2.23. The third-order valence-corrected chi connectivity index (χ3v) is 5.68. The van der Waals surface area contributed by atoms with Gasteiger partial charge in [0.2, 0.25) is 23.8 Å². The molecule has 0 aliphatic carbocycles. The molecule has 4 aromatic rings. The number of rotatable bonds is 12. The Morgan fingerprint density at radius 3 is 1.64 bits per heavy atom. The van der Waals surface area contributed by atoms with Crippen molar-refractivity contribution < 1.29 is 14.3 Å². The van der Waals surface area contributed by atoms with Crippen LogP contribution in [-0.2, 0) is 4.79 Å². The second-order valence-electron chi connectivity index (χ2n) is 8.67. The zero-order valence-corrected chi connectivity index (χ0v) is 22.5. The summed E-state index contributed by atoms with van der Waals surface area (Å²) in [4.78, 5) is 26.0. The first-order valence-corrected chi connectivity index (χ1v) is 12.8. The van der Waals surface area contributed by atoms with E-state index in [1.54, 1.807) is 0 Å². The quantitative estimate of drug-likeness (QED) is 0.180. The third-order valence-electron chi connectivity index (χ3n) is 5.68. The molecule has 0 aliphatic rings. The largest absolute Gasteiger partial charge is 0.494 e. The number of ether oxygens (including phenoxy) is 2. The van der Waals surface area contributed by atoms with E-state index < -0.39 is 0 Å². The number of nitrogens with zero attached hydrogens (tertiary/aromatic N) is 3. The molecule has 202 valence electrons. The highest BCUT2D eigenvalue weighted by Crippen LogP contribution is 2.22. The second-order valence-corrected chi connectivity index (χ2v) is 8.67. The normalized spacial score (nSPS) is 10.5. The highest BCUT2D eigenvalue weighted by molar-refractivity contribution is 5.93. The van der Waals surface area contributed by atoms with Crippen molar-refractivity contribution in [2.24, 2.45) is 0 Å². The Kier molecular flexibility index (Phi) is 9.12. The van der Waals surface area contributed by atoms with E-state index in [1.807, 2.05) is 94.4 Å². The summed E-state index contributed by atoms with van der Waals surface area (Å²) >= 11 is 0. The summed E-state index contributed by atoms with van der Waals surface area (Å²) < 4.78 is 11.0. The van der Waals surface area contributed by atoms with Crippen LogP contribution in [0.1, 0.15) is 25.0 Å². The molecule has 1 amide bonds. The molecule has 1 heterocycles. The van der Waals surface area contributed by atoms with Crippen molar-refractivity contribution in [1.82, 2.24) is 15.0 Å². The summed E-state index contributed by atoms with van der Waals surface area (Å²) in [7, 11) is 0. The minimum Gasteiger partial charge on any atom is -0.494 e. The summed E-state index contributed by atoms with van der Waals surface area (Å²) in [6, 6.07) is 20.7. The summed E-state index contributed by atoms with van der Waals surface area (Å²) in [6.45, 7) is 9.06. The molecule has 10 nitrogen and oxygen atoms in total. The van der Waals surface area contributed by atoms with E-state index in [1.165, 1.54) is 0 Å². The minimum atomic E-state index is -0.222. The van der Waals surface area contributed by atoms with Crippen LogP contribution in [0, 0.1) is 13.8 Å². The molecule has 0 unspecified atom stereocenters. The van der Waals surface area contributed by atoms with E-state index in [9.17, 15) is 4.79 Å². The predicted molar refractivity (Wildman–Crippen MR) is 155 cm³/mol. The van der Waals surface area contributed by atoms with E-state index in [0.717, 1.165) is 39.7 Å². The number of hydrogen-bond acceptors (Lipinski definition) is 9. The molecular weight excluding hydrogens is 494 g/mol. The highest BCUT2D eigenvalue weighted by Gasteiger charge is 2.11. The number of aryl methyl sites for hydroxylation is 2. The van der Waals surface area contributed by atoms with Crippen LogP contribution in [0.4, 0.5) is 34.9 Å². The molecule has 4 N–H and O–H groups in total. The average molecular weight is 528 g/mol. The first-order valence-electron chi connectivity index (χ1n) is 12.8. The van der Waals surface area contributed by atoms with E-state index in [-0.39, 0.29) is 18.4 Å². The van der Waals surface area contributed by atoms with E-state index in [2.05, 4.69) is 36.2 Å². The topological polar surface area (TPSA) is 122 Å². The molecule has 0 saturated heterocycles.